The first-order chi connectivity index (χ1) is 6.09. The Morgan fingerprint density at radius 2 is 2.62 bits per heavy atom. The molecule has 1 N–H and O–H groups in total. The van der Waals surface area contributed by atoms with Crippen LogP contribution in [0.25, 0.3) is 0 Å². The van der Waals surface area contributed by atoms with Gasteiger partial charge in [0.2, 0.25) is 0 Å². The summed E-state index contributed by atoms with van der Waals surface area (Å²) in [6.45, 7) is 1.67. The Bertz CT molecular complexity index is 302. The number of thiazole rings is 1. The van der Waals surface area contributed by atoms with E-state index in [2.05, 4.69) is 4.98 Å². The van der Waals surface area contributed by atoms with Gasteiger partial charge < -0.3 is 5.11 Å². The molecule has 1 aromatic heterocycles. The molecule has 0 aliphatic carbocycles. The summed E-state index contributed by atoms with van der Waals surface area (Å²) in [5.41, 5.74) is 0. The summed E-state index contributed by atoms with van der Waals surface area (Å²) in [6, 6.07) is 0. The number of thioether (sulfide) groups is 1. The summed E-state index contributed by atoms with van der Waals surface area (Å²) in [4.78, 5) is 14.5. The molecule has 3 nitrogen and oxygen atoms in total. The van der Waals surface area contributed by atoms with Crippen molar-refractivity contribution in [3.05, 3.63) is 10.5 Å². The van der Waals surface area contributed by atoms with E-state index in [1.54, 1.807) is 12.3 Å². The van der Waals surface area contributed by atoms with Gasteiger partial charge >= 0.3 is 5.97 Å². The Morgan fingerprint density at radius 3 is 3.08 bits per heavy atom. The molecule has 0 aliphatic heterocycles. The molecule has 0 aromatic carbocycles. The SMILES string of the molecule is CC(CSc1nc(Cl)cs1)C(=O)O. The average molecular weight is 238 g/mol. The highest BCUT2D eigenvalue weighted by atomic mass is 35.5. The van der Waals surface area contributed by atoms with Gasteiger partial charge in [-0.15, -0.1) is 11.3 Å². The summed E-state index contributed by atoms with van der Waals surface area (Å²) < 4.78 is 0.818. The van der Waals surface area contributed by atoms with Gasteiger partial charge in [-0.3, -0.25) is 4.79 Å². The number of nitrogens with zero attached hydrogens (tertiary/aromatic N) is 1. The molecule has 72 valence electrons. The molecule has 1 unspecified atom stereocenters. The molecule has 0 aliphatic rings. The van der Waals surface area contributed by atoms with Gasteiger partial charge in [-0.2, -0.15) is 0 Å². The van der Waals surface area contributed by atoms with Gasteiger partial charge in [0.25, 0.3) is 0 Å². The molecule has 0 amide bonds. The largest absolute Gasteiger partial charge is 0.481 e. The maximum atomic E-state index is 10.5. The highest BCUT2D eigenvalue weighted by Gasteiger charge is 2.12. The lowest BCUT2D eigenvalue weighted by atomic mass is 10.2. The van der Waals surface area contributed by atoms with E-state index in [-0.39, 0.29) is 5.92 Å². The average Bonchev–Trinajstić information content (AvgIpc) is 2.47. The first-order valence-corrected chi connectivity index (χ1v) is 5.80. The van der Waals surface area contributed by atoms with Gasteiger partial charge in [0.05, 0.1) is 5.92 Å². The van der Waals surface area contributed by atoms with Gasteiger partial charge in [0.15, 0.2) is 4.34 Å². The van der Waals surface area contributed by atoms with Crippen LogP contribution in [0.1, 0.15) is 6.92 Å². The van der Waals surface area contributed by atoms with Gasteiger partial charge in [-0.05, 0) is 0 Å². The zero-order valence-corrected chi connectivity index (χ0v) is 9.25. The summed E-state index contributed by atoms with van der Waals surface area (Å²) in [7, 11) is 0. The Balaban J connectivity index is 2.39. The number of halogens is 1. The number of carbonyl (C=O) groups is 1. The molecule has 0 bridgehead atoms. The van der Waals surface area contributed by atoms with Crippen LogP contribution in [0, 0.1) is 5.92 Å². The lowest BCUT2D eigenvalue weighted by Crippen LogP contribution is -2.11. The van der Waals surface area contributed by atoms with Crippen LogP contribution in [0.3, 0.4) is 0 Å². The molecule has 0 saturated heterocycles. The highest BCUT2D eigenvalue weighted by Crippen LogP contribution is 2.26. The molecule has 6 heteroatoms. The Kier molecular flexibility index (Phi) is 4.02. The van der Waals surface area contributed by atoms with Crippen molar-refractivity contribution < 1.29 is 9.90 Å². The van der Waals surface area contributed by atoms with E-state index in [1.807, 2.05) is 0 Å². The molecule has 1 heterocycles. The van der Waals surface area contributed by atoms with Crippen molar-refractivity contribution in [2.45, 2.75) is 11.3 Å². The van der Waals surface area contributed by atoms with Crippen molar-refractivity contribution in [1.82, 2.24) is 4.98 Å². The zero-order valence-electron chi connectivity index (χ0n) is 6.86. The molecule has 1 atom stereocenters. The maximum absolute atomic E-state index is 10.5. The fourth-order valence-electron chi connectivity index (χ4n) is 0.573. The number of carboxylic acids is 1. The Labute approximate surface area is 89.1 Å². The van der Waals surface area contributed by atoms with Gasteiger partial charge in [0, 0.05) is 11.1 Å². The van der Waals surface area contributed by atoms with Crippen molar-refractivity contribution in [3.8, 4) is 0 Å². The van der Waals surface area contributed by atoms with E-state index in [4.69, 9.17) is 16.7 Å². The van der Waals surface area contributed by atoms with Crippen LogP contribution in [-0.4, -0.2) is 21.8 Å². The monoisotopic (exact) mass is 237 g/mol. The number of aliphatic carboxylic acids is 1. The number of hydrogen-bond acceptors (Lipinski definition) is 4. The number of hydrogen-bond donors (Lipinski definition) is 1. The fourth-order valence-corrected chi connectivity index (χ4v) is 2.61. The topological polar surface area (TPSA) is 50.2 Å². The minimum atomic E-state index is -0.782. The van der Waals surface area contributed by atoms with Crippen molar-refractivity contribution >= 4 is 40.7 Å². The minimum absolute atomic E-state index is 0.354. The van der Waals surface area contributed by atoms with E-state index in [9.17, 15) is 4.79 Å². The maximum Gasteiger partial charge on any atom is 0.307 e. The predicted molar refractivity (Wildman–Crippen MR) is 54.6 cm³/mol. The lowest BCUT2D eigenvalue weighted by Gasteiger charge is -2.02. The van der Waals surface area contributed by atoms with Crippen LogP contribution in [-0.2, 0) is 4.79 Å². The van der Waals surface area contributed by atoms with Gasteiger partial charge in [-0.1, -0.05) is 30.3 Å². The molecular formula is C7H8ClNO2S2. The standard InChI is InChI=1S/C7H8ClNO2S2/c1-4(6(10)11)2-12-7-9-5(8)3-13-7/h3-4H,2H2,1H3,(H,10,11). The molecule has 0 saturated carbocycles. The van der Waals surface area contributed by atoms with E-state index in [0.29, 0.717) is 10.9 Å². The quantitative estimate of drug-likeness (QED) is 0.818. The van der Waals surface area contributed by atoms with Crippen molar-refractivity contribution in [2.24, 2.45) is 5.92 Å². The third kappa shape index (κ3) is 3.54. The van der Waals surface area contributed by atoms with E-state index >= 15 is 0 Å². The number of carboxylic acid groups (broad SMARTS) is 1. The van der Waals surface area contributed by atoms with Crippen LogP contribution < -0.4 is 0 Å². The molecule has 1 rings (SSSR count). The van der Waals surface area contributed by atoms with E-state index in [1.165, 1.54) is 23.1 Å². The molecule has 0 spiro atoms. The fraction of sp³-hybridized carbons (Fsp3) is 0.429. The summed E-state index contributed by atoms with van der Waals surface area (Å²) >= 11 is 8.46. The van der Waals surface area contributed by atoms with E-state index in [0.717, 1.165) is 4.34 Å². The second-order valence-electron chi connectivity index (χ2n) is 2.49. The van der Waals surface area contributed by atoms with Crippen LogP contribution in [0.4, 0.5) is 0 Å². The molecular weight excluding hydrogens is 230 g/mol. The molecule has 0 fully saturated rings. The number of rotatable bonds is 4. The predicted octanol–water partition coefficient (Wildman–Crippen LogP) is 2.61. The van der Waals surface area contributed by atoms with Gasteiger partial charge in [0.1, 0.15) is 5.15 Å². The minimum Gasteiger partial charge on any atom is -0.481 e. The Morgan fingerprint density at radius 1 is 1.92 bits per heavy atom. The normalized spacial score (nSPS) is 12.8. The molecule has 1 aromatic rings. The third-order valence-corrected chi connectivity index (χ3v) is 3.94. The summed E-state index contributed by atoms with van der Waals surface area (Å²) in [6.07, 6.45) is 0. The Hall–Kier alpha value is -0.260. The van der Waals surface area contributed by atoms with E-state index < -0.39 is 5.97 Å². The molecule has 0 radical (unpaired) electrons. The molecule has 13 heavy (non-hydrogen) atoms. The van der Waals surface area contributed by atoms with Crippen molar-refractivity contribution in [2.75, 3.05) is 5.75 Å². The van der Waals surface area contributed by atoms with Crippen LogP contribution in [0.2, 0.25) is 5.15 Å². The zero-order chi connectivity index (χ0) is 9.84. The third-order valence-electron chi connectivity index (χ3n) is 1.33. The lowest BCUT2D eigenvalue weighted by molar-refractivity contribution is -0.140. The van der Waals surface area contributed by atoms with Crippen molar-refractivity contribution in [1.29, 1.82) is 0 Å². The second kappa shape index (κ2) is 4.83. The number of aromatic nitrogens is 1. The van der Waals surface area contributed by atoms with Gasteiger partial charge in [-0.25, -0.2) is 4.98 Å². The smallest absolute Gasteiger partial charge is 0.307 e. The van der Waals surface area contributed by atoms with Crippen molar-refractivity contribution in [3.63, 3.8) is 0 Å². The van der Waals surface area contributed by atoms with Crippen LogP contribution in [0.5, 0.6) is 0 Å². The van der Waals surface area contributed by atoms with Crippen LogP contribution >= 0.6 is 34.7 Å². The summed E-state index contributed by atoms with van der Waals surface area (Å²) in [5, 5.41) is 10.8. The highest BCUT2D eigenvalue weighted by molar-refractivity contribution is 8.01. The first-order valence-electron chi connectivity index (χ1n) is 3.56. The second-order valence-corrected chi connectivity index (χ2v) is 5.00. The first kappa shape index (κ1) is 10.8. The summed E-state index contributed by atoms with van der Waals surface area (Å²) in [5.74, 6) is -0.609. The van der Waals surface area contributed by atoms with Crippen LogP contribution in [0.15, 0.2) is 9.72 Å².